The second kappa shape index (κ2) is 6.70. The van der Waals surface area contributed by atoms with E-state index in [1.807, 2.05) is 19.1 Å². The molecule has 0 saturated heterocycles. The summed E-state index contributed by atoms with van der Waals surface area (Å²) in [6.45, 7) is 2.61. The molecule has 5 heteroatoms. The van der Waals surface area contributed by atoms with Crippen LogP contribution in [-0.2, 0) is 0 Å². The first-order chi connectivity index (χ1) is 9.61. The molecule has 1 saturated carbocycles. The van der Waals surface area contributed by atoms with Gasteiger partial charge in [0, 0.05) is 23.8 Å². The molecule has 0 spiro atoms. The molecule has 0 radical (unpaired) electrons. The van der Waals surface area contributed by atoms with Crippen LogP contribution in [-0.4, -0.2) is 35.1 Å². The van der Waals surface area contributed by atoms with Gasteiger partial charge in [0.25, 0.3) is 0 Å². The Morgan fingerprint density at radius 1 is 1.40 bits per heavy atom. The normalized spacial score (nSPS) is 16.1. The average Bonchev–Trinajstić information content (AvgIpc) is 2.45. The average molecular weight is 276 g/mol. The Hall–Kier alpha value is -1.62. The summed E-state index contributed by atoms with van der Waals surface area (Å²) in [6.07, 6.45) is 6.05. The number of aryl methyl sites for hydroxylation is 1. The zero-order valence-electron chi connectivity index (χ0n) is 12.1. The molecular weight excluding hydrogens is 252 g/mol. The van der Waals surface area contributed by atoms with Gasteiger partial charge in [-0.25, -0.2) is 4.98 Å². The Morgan fingerprint density at radius 3 is 2.70 bits per heavy atom. The fourth-order valence-corrected chi connectivity index (χ4v) is 2.94. The van der Waals surface area contributed by atoms with Crippen molar-refractivity contribution in [1.29, 1.82) is 5.41 Å². The highest BCUT2D eigenvalue weighted by Crippen LogP contribution is 2.26. The van der Waals surface area contributed by atoms with Gasteiger partial charge in [0.15, 0.2) is 0 Å². The number of nitrogens with two attached hydrogens (primary N) is 1. The van der Waals surface area contributed by atoms with Crippen LogP contribution in [0.5, 0.6) is 0 Å². The predicted octanol–water partition coefficient (Wildman–Crippen LogP) is 1.81. The molecular formula is C15H24N4O. The van der Waals surface area contributed by atoms with Crippen molar-refractivity contribution in [3.63, 3.8) is 0 Å². The zero-order valence-corrected chi connectivity index (χ0v) is 12.1. The lowest BCUT2D eigenvalue weighted by Gasteiger charge is -2.35. The highest BCUT2D eigenvalue weighted by atomic mass is 16.3. The molecule has 0 bridgehead atoms. The smallest absolute Gasteiger partial charge is 0.129 e. The van der Waals surface area contributed by atoms with Crippen LogP contribution in [0.25, 0.3) is 0 Å². The standard InChI is InChI=1S/C15H24N4O/c1-11-9-12(15(16)17)10-14(18-11)19(7-8-20)13-5-3-2-4-6-13/h9-10,13,20H,2-8H2,1H3,(H3,16,17). The van der Waals surface area contributed by atoms with Crippen molar-refractivity contribution < 1.29 is 5.11 Å². The van der Waals surface area contributed by atoms with Crippen molar-refractivity contribution in [2.45, 2.75) is 45.1 Å². The number of nitrogen functional groups attached to an aromatic ring is 1. The van der Waals surface area contributed by atoms with E-state index in [-0.39, 0.29) is 12.4 Å². The van der Waals surface area contributed by atoms with Gasteiger partial charge in [-0.15, -0.1) is 0 Å². The molecule has 1 heterocycles. The lowest BCUT2D eigenvalue weighted by atomic mass is 9.94. The lowest BCUT2D eigenvalue weighted by molar-refractivity contribution is 0.289. The number of nitrogens with one attached hydrogen (secondary N) is 1. The first-order valence-corrected chi connectivity index (χ1v) is 7.32. The van der Waals surface area contributed by atoms with Crippen LogP contribution in [0.3, 0.4) is 0 Å². The molecule has 0 aromatic carbocycles. The minimum absolute atomic E-state index is 0.0596. The third-order valence-electron chi connectivity index (χ3n) is 3.90. The zero-order chi connectivity index (χ0) is 14.5. The molecule has 1 aromatic heterocycles. The molecule has 4 N–H and O–H groups in total. The highest BCUT2D eigenvalue weighted by molar-refractivity contribution is 5.95. The van der Waals surface area contributed by atoms with Crippen molar-refractivity contribution in [3.8, 4) is 0 Å². The maximum absolute atomic E-state index is 9.34. The topological polar surface area (TPSA) is 86.2 Å². The Labute approximate surface area is 120 Å². The van der Waals surface area contributed by atoms with E-state index in [1.54, 1.807) is 0 Å². The number of anilines is 1. The van der Waals surface area contributed by atoms with Gasteiger partial charge in [-0.1, -0.05) is 19.3 Å². The second-order valence-electron chi connectivity index (χ2n) is 5.48. The number of pyridine rings is 1. The SMILES string of the molecule is Cc1cc(C(=N)N)cc(N(CCO)C2CCCCC2)n1. The summed E-state index contributed by atoms with van der Waals surface area (Å²) in [4.78, 5) is 6.75. The largest absolute Gasteiger partial charge is 0.395 e. The van der Waals surface area contributed by atoms with Crippen LogP contribution >= 0.6 is 0 Å². The van der Waals surface area contributed by atoms with Crippen molar-refractivity contribution in [2.24, 2.45) is 5.73 Å². The highest BCUT2D eigenvalue weighted by Gasteiger charge is 2.22. The Morgan fingerprint density at radius 2 is 2.10 bits per heavy atom. The molecule has 0 aliphatic heterocycles. The van der Waals surface area contributed by atoms with Crippen LogP contribution in [0.4, 0.5) is 5.82 Å². The Balaban J connectivity index is 2.30. The first kappa shape index (κ1) is 14.8. The van der Waals surface area contributed by atoms with E-state index >= 15 is 0 Å². The van der Waals surface area contributed by atoms with Gasteiger partial charge in [-0.05, 0) is 31.9 Å². The van der Waals surface area contributed by atoms with Gasteiger partial charge in [0.1, 0.15) is 11.7 Å². The van der Waals surface area contributed by atoms with Gasteiger partial charge in [0.05, 0.1) is 6.61 Å². The minimum atomic E-state index is 0.0596. The van der Waals surface area contributed by atoms with E-state index in [0.717, 1.165) is 24.4 Å². The summed E-state index contributed by atoms with van der Waals surface area (Å²) in [5.41, 5.74) is 7.15. The molecule has 0 atom stereocenters. The Bertz CT molecular complexity index is 469. The number of aliphatic hydroxyl groups excluding tert-OH is 1. The summed E-state index contributed by atoms with van der Waals surface area (Å²) >= 11 is 0. The first-order valence-electron chi connectivity index (χ1n) is 7.32. The van der Waals surface area contributed by atoms with E-state index in [9.17, 15) is 5.11 Å². The molecule has 5 nitrogen and oxygen atoms in total. The third kappa shape index (κ3) is 3.48. The summed E-state index contributed by atoms with van der Waals surface area (Å²) in [5, 5.41) is 16.9. The molecule has 1 aliphatic carbocycles. The van der Waals surface area contributed by atoms with Gasteiger partial charge < -0.3 is 15.7 Å². The molecule has 1 fully saturated rings. The monoisotopic (exact) mass is 276 g/mol. The van der Waals surface area contributed by atoms with Crippen molar-refractivity contribution in [1.82, 2.24) is 4.98 Å². The molecule has 20 heavy (non-hydrogen) atoms. The summed E-state index contributed by atoms with van der Waals surface area (Å²) in [6, 6.07) is 4.12. The number of hydrogen-bond acceptors (Lipinski definition) is 4. The fourth-order valence-electron chi connectivity index (χ4n) is 2.94. The van der Waals surface area contributed by atoms with Crippen molar-refractivity contribution in [2.75, 3.05) is 18.1 Å². The van der Waals surface area contributed by atoms with Crippen LogP contribution in [0.15, 0.2) is 12.1 Å². The second-order valence-corrected chi connectivity index (χ2v) is 5.48. The third-order valence-corrected chi connectivity index (χ3v) is 3.90. The summed E-state index contributed by atoms with van der Waals surface area (Å²) in [7, 11) is 0. The van der Waals surface area contributed by atoms with Crippen LogP contribution in [0.2, 0.25) is 0 Å². The van der Waals surface area contributed by atoms with Crippen LogP contribution in [0.1, 0.15) is 43.4 Å². The lowest BCUT2D eigenvalue weighted by Crippen LogP contribution is -2.39. The van der Waals surface area contributed by atoms with E-state index in [2.05, 4.69) is 9.88 Å². The van der Waals surface area contributed by atoms with Crippen LogP contribution < -0.4 is 10.6 Å². The van der Waals surface area contributed by atoms with Crippen LogP contribution in [0, 0.1) is 12.3 Å². The van der Waals surface area contributed by atoms with Crippen molar-refractivity contribution >= 4 is 11.7 Å². The fraction of sp³-hybridized carbons (Fsp3) is 0.600. The van der Waals surface area contributed by atoms with E-state index < -0.39 is 0 Å². The number of hydrogen-bond donors (Lipinski definition) is 3. The number of aliphatic hydroxyl groups is 1. The maximum Gasteiger partial charge on any atom is 0.129 e. The maximum atomic E-state index is 9.34. The molecule has 0 unspecified atom stereocenters. The molecule has 2 rings (SSSR count). The van der Waals surface area contributed by atoms with Gasteiger partial charge in [-0.3, -0.25) is 5.41 Å². The number of aromatic nitrogens is 1. The van der Waals surface area contributed by atoms with E-state index in [1.165, 1.54) is 19.3 Å². The van der Waals surface area contributed by atoms with Crippen molar-refractivity contribution in [3.05, 3.63) is 23.4 Å². The molecule has 1 aromatic rings. The summed E-state index contributed by atoms with van der Waals surface area (Å²) < 4.78 is 0. The van der Waals surface area contributed by atoms with Gasteiger partial charge in [0.2, 0.25) is 0 Å². The number of rotatable bonds is 5. The predicted molar refractivity (Wildman–Crippen MR) is 81.3 cm³/mol. The summed E-state index contributed by atoms with van der Waals surface area (Å²) in [5.74, 6) is 0.889. The van der Waals surface area contributed by atoms with E-state index in [4.69, 9.17) is 11.1 Å². The number of amidine groups is 1. The number of nitrogens with zero attached hydrogens (tertiary/aromatic N) is 2. The molecule has 1 aliphatic rings. The Kier molecular flexibility index (Phi) is 4.95. The van der Waals surface area contributed by atoms with Gasteiger partial charge in [-0.2, -0.15) is 0 Å². The minimum Gasteiger partial charge on any atom is -0.395 e. The molecule has 110 valence electrons. The quantitative estimate of drug-likeness (QED) is 0.565. The van der Waals surface area contributed by atoms with E-state index in [0.29, 0.717) is 18.2 Å². The van der Waals surface area contributed by atoms with Gasteiger partial charge >= 0.3 is 0 Å². The molecule has 0 amide bonds.